The number of rotatable bonds is 6. The number of hydrogen-bond donors (Lipinski definition) is 2. The number of carbonyl (C=O) groups is 1. The molecule has 0 radical (unpaired) electrons. The lowest BCUT2D eigenvalue weighted by atomic mass is 10.2. The second-order valence-electron chi connectivity index (χ2n) is 5.65. The van der Waals surface area contributed by atoms with Crippen LogP contribution in [0.15, 0.2) is 45.4 Å². The maximum atomic E-state index is 11.9. The lowest BCUT2D eigenvalue weighted by Gasteiger charge is -2.11. The van der Waals surface area contributed by atoms with Crippen molar-refractivity contribution in [3.05, 3.63) is 53.9 Å². The molecule has 2 heterocycles. The van der Waals surface area contributed by atoms with Gasteiger partial charge >= 0.3 is 0 Å². The molecule has 0 saturated heterocycles. The van der Waals surface area contributed by atoms with Crippen molar-refractivity contribution in [1.29, 1.82) is 0 Å². The maximum Gasteiger partial charge on any atom is 0.244 e. The van der Waals surface area contributed by atoms with Crippen molar-refractivity contribution in [2.45, 2.75) is 25.3 Å². The van der Waals surface area contributed by atoms with Crippen LogP contribution in [0.4, 0.5) is 0 Å². The van der Waals surface area contributed by atoms with Crippen LogP contribution < -0.4 is 5.32 Å². The van der Waals surface area contributed by atoms with E-state index in [-0.39, 0.29) is 12.5 Å². The Morgan fingerprint density at radius 2 is 2.32 bits per heavy atom. The number of nitrogens with one attached hydrogen (secondary N) is 1. The predicted octanol–water partition coefficient (Wildman–Crippen LogP) is 2.86. The Labute approximate surface area is 128 Å². The number of amides is 1. The minimum absolute atomic E-state index is 0.225. The second kappa shape index (κ2) is 6.23. The van der Waals surface area contributed by atoms with Gasteiger partial charge in [-0.15, -0.1) is 0 Å². The van der Waals surface area contributed by atoms with E-state index in [1.807, 2.05) is 12.1 Å². The third-order valence-electron chi connectivity index (χ3n) is 3.91. The first-order chi connectivity index (χ1) is 10.7. The number of carbonyl (C=O) groups excluding carboxylic acids is 1. The smallest absolute Gasteiger partial charge is 0.244 e. The van der Waals surface area contributed by atoms with Gasteiger partial charge in [0, 0.05) is 12.0 Å². The molecule has 1 fully saturated rings. The molecule has 0 bridgehead atoms. The minimum atomic E-state index is -0.549. The standard InChI is InChI=1S/C17H19NO4/c1-11-9-13(11)15-6-4-12(22-15)5-7-17(20)18-14(10-19)16-3-2-8-21-16/h2-8,11,13-14,19H,9-10H2,1H3,(H,18,20)/b7-5+. The summed E-state index contributed by atoms with van der Waals surface area (Å²) in [6.07, 6.45) is 5.69. The molecule has 1 saturated carbocycles. The number of furan rings is 2. The van der Waals surface area contributed by atoms with Gasteiger partial charge < -0.3 is 19.3 Å². The first-order valence-corrected chi connectivity index (χ1v) is 7.40. The Morgan fingerprint density at radius 1 is 1.50 bits per heavy atom. The molecule has 1 aliphatic carbocycles. The van der Waals surface area contributed by atoms with Crippen LogP contribution in [0.1, 0.15) is 42.6 Å². The van der Waals surface area contributed by atoms with Gasteiger partial charge in [-0.1, -0.05) is 6.92 Å². The molecule has 0 aliphatic heterocycles. The Bertz CT molecular complexity index is 656. The number of aliphatic hydroxyl groups is 1. The van der Waals surface area contributed by atoms with Gasteiger partial charge in [0.2, 0.25) is 5.91 Å². The van der Waals surface area contributed by atoms with E-state index in [2.05, 4.69) is 12.2 Å². The molecular weight excluding hydrogens is 282 g/mol. The molecule has 22 heavy (non-hydrogen) atoms. The normalized spacial score (nSPS) is 21.9. The third kappa shape index (κ3) is 3.31. The summed E-state index contributed by atoms with van der Waals surface area (Å²) in [5.74, 6) is 3.05. The number of hydrogen-bond acceptors (Lipinski definition) is 4. The van der Waals surface area contributed by atoms with E-state index in [9.17, 15) is 9.90 Å². The molecule has 3 unspecified atom stereocenters. The van der Waals surface area contributed by atoms with Crippen molar-refractivity contribution in [1.82, 2.24) is 5.32 Å². The van der Waals surface area contributed by atoms with E-state index in [1.54, 1.807) is 18.2 Å². The first-order valence-electron chi connectivity index (χ1n) is 7.40. The minimum Gasteiger partial charge on any atom is -0.467 e. The molecule has 5 heteroatoms. The van der Waals surface area contributed by atoms with Crippen LogP contribution in [0, 0.1) is 5.92 Å². The van der Waals surface area contributed by atoms with E-state index < -0.39 is 6.04 Å². The van der Waals surface area contributed by atoms with Gasteiger partial charge in [0.05, 0.1) is 12.9 Å². The molecule has 1 amide bonds. The molecule has 0 aromatic carbocycles. The van der Waals surface area contributed by atoms with Crippen molar-refractivity contribution >= 4 is 12.0 Å². The first kappa shape index (κ1) is 14.7. The van der Waals surface area contributed by atoms with E-state index in [1.165, 1.54) is 18.8 Å². The van der Waals surface area contributed by atoms with Gasteiger partial charge in [0.1, 0.15) is 23.3 Å². The summed E-state index contributed by atoms with van der Waals surface area (Å²) in [5.41, 5.74) is 0. The fraction of sp³-hybridized carbons (Fsp3) is 0.353. The topological polar surface area (TPSA) is 75.6 Å². The van der Waals surface area contributed by atoms with Gasteiger partial charge in [-0.25, -0.2) is 0 Å². The van der Waals surface area contributed by atoms with Gasteiger partial charge in [0.25, 0.3) is 0 Å². The molecule has 1 aliphatic rings. The van der Waals surface area contributed by atoms with Crippen LogP contribution in [0.5, 0.6) is 0 Å². The highest BCUT2D eigenvalue weighted by Crippen LogP contribution is 2.47. The molecule has 116 valence electrons. The van der Waals surface area contributed by atoms with Crippen LogP contribution in [0.2, 0.25) is 0 Å². The lowest BCUT2D eigenvalue weighted by molar-refractivity contribution is -0.117. The SMILES string of the molecule is CC1CC1c1ccc(/C=C/C(=O)NC(CO)c2ccco2)o1. The number of aliphatic hydroxyl groups excluding tert-OH is 1. The van der Waals surface area contributed by atoms with Crippen molar-refractivity contribution in [2.75, 3.05) is 6.61 Å². The Morgan fingerprint density at radius 3 is 2.95 bits per heavy atom. The molecule has 3 rings (SSSR count). The van der Waals surface area contributed by atoms with Gasteiger partial charge in [-0.05, 0) is 42.7 Å². The van der Waals surface area contributed by atoms with Crippen LogP contribution in [0.25, 0.3) is 6.08 Å². The summed E-state index contributed by atoms with van der Waals surface area (Å²) < 4.78 is 10.9. The molecule has 2 aromatic rings. The predicted molar refractivity (Wildman–Crippen MR) is 80.9 cm³/mol. The Balaban J connectivity index is 1.57. The quantitative estimate of drug-likeness (QED) is 0.804. The van der Waals surface area contributed by atoms with Gasteiger partial charge in [-0.2, -0.15) is 0 Å². The second-order valence-corrected chi connectivity index (χ2v) is 5.65. The third-order valence-corrected chi connectivity index (χ3v) is 3.91. The van der Waals surface area contributed by atoms with E-state index in [4.69, 9.17) is 8.83 Å². The van der Waals surface area contributed by atoms with Crippen molar-refractivity contribution < 1.29 is 18.7 Å². The summed E-state index contributed by atoms with van der Waals surface area (Å²) in [6, 6.07) is 6.70. The maximum absolute atomic E-state index is 11.9. The summed E-state index contributed by atoms with van der Waals surface area (Å²) in [6.45, 7) is 1.97. The zero-order valence-electron chi connectivity index (χ0n) is 12.4. The van der Waals surface area contributed by atoms with Gasteiger partial charge in [-0.3, -0.25) is 4.79 Å². The monoisotopic (exact) mass is 301 g/mol. The summed E-state index contributed by atoms with van der Waals surface area (Å²) in [4.78, 5) is 11.9. The molecule has 2 aromatic heterocycles. The van der Waals surface area contributed by atoms with Crippen molar-refractivity contribution in [3.8, 4) is 0 Å². The lowest BCUT2D eigenvalue weighted by Crippen LogP contribution is -2.28. The fourth-order valence-electron chi connectivity index (χ4n) is 2.45. The summed E-state index contributed by atoms with van der Waals surface area (Å²) >= 11 is 0. The largest absolute Gasteiger partial charge is 0.467 e. The molecule has 3 atom stereocenters. The highest BCUT2D eigenvalue weighted by Gasteiger charge is 2.36. The highest BCUT2D eigenvalue weighted by molar-refractivity contribution is 5.91. The molecule has 0 spiro atoms. The van der Waals surface area contributed by atoms with Crippen LogP contribution >= 0.6 is 0 Å². The Hall–Kier alpha value is -2.27. The zero-order chi connectivity index (χ0) is 15.5. The molecular formula is C17H19NO4. The van der Waals surface area contributed by atoms with Crippen LogP contribution in [0.3, 0.4) is 0 Å². The summed E-state index contributed by atoms with van der Waals surface area (Å²) in [5, 5.41) is 12.0. The van der Waals surface area contributed by atoms with Crippen molar-refractivity contribution in [3.63, 3.8) is 0 Å². The van der Waals surface area contributed by atoms with Crippen LogP contribution in [-0.2, 0) is 4.79 Å². The zero-order valence-corrected chi connectivity index (χ0v) is 12.4. The average molecular weight is 301 g/mol. The average Bonchev–Trinajstić information content (AvgIpc) is 2.98. The van der Waals surface area contributed by atoms with E-state index in [0.717, 1.165) is 5.76 Å². The molecule has 2 N–H and O–H groups in total. The van der Waals surface area contributed by atoms with Gasteiger partial charge in [0.15, 0.2) is 0 Å². The highest BCUT2D eigenvalue weighted by atomic mass is 16.3. The Kier molecular flexibility index (Phi) is 4.15. The van der Waals surface area contributed by atoms with Crippen molar-refractivity contribution in [2.24, 2.45) is 5.92 Å². The fourth-order valence-corrected chi connectivity index (χ4v) is 2.45. The van der Waals surface area contributed by atoms with Crippen LogP contribution in [-0.4, -0.2) is 17.6 Å². The summed E-state index contributed by atoms with van der Waals surface area (Å²) in [7, 11) is 0. The van der Waals surface area contributed by atoms with E-state index >= 15 is 0 Å². The van der Waals surface area contributed by atoms with E-state index in [0.29, 0.717) is 23.4 Å². The molecule has 5 nitrogen and oxygen atoms in total.